The minimum Gasteiger partial charge on any atom is -0.493 e. The van der Waals surface area contributed by atoms with Gasteiger partial charge in [0.05, 0.1) is 33.2 Å². The second-order valence-corrected chi connectivity index (χ2v) is 8.29. The third kappa shape index (κ3) is 7.78. The van der Waals surface area contributed by atoms with Crippen LogP contribution in [0.1, 0.15) is 19.3 Å². The van der Waals surface area contributed by atoms with Crippen LogP contribution in [0.5, 0.6) is 23.0 Å². The van der Waals surface area contributed by atoms with Crippen molar-refractivity contribution in [3.05, 3.63) is 48.5 Å². The molecule has 1 aliphatic heterocycles. The predicted octanol–water partition coefficient (Wildman–Crippen LogP) is 2.27. The van der Waals surface area contributed by atoms with Gasteiger partial charge in [-0.25, -0.2) is 0 Å². The van der Waals surface area contributed by atoms with Gasteiger partial charge in [-0.3, -0.25) is 9.59 Å². The van der Waals surface area contributed by atoms with E-state index in [0.717, 1.165) is 12.2 Å². The van der Waals surface area contributed by atoms with E-state index in [-0.39, 0.29) is 37.3 Å². The Labute approximate surface area is 205 Å². The lowest BCUT2D eigenvalue weighted by Gasteiger charge is -2.32. The van der Waals surface area contributed by atoms with Crippen molar-refractivity contribution in [3.8, 4) is 23.0 Å². The summed E-state index contributed by atoms with van der Waals surface area (Å²) in [5.41, 5.74) is 0. The summed E-state index contributed by atoms with van der Waals surface area (Å²) in [5, 5.41) is 13.1. The van der Waals surface area contributed by atoms with Gasteiger partial charge in [-0.1, -0.05) is 24.3 Å². The number of carbonyl (C=O) groups is 2. The summed E-state index contributed by atoms with van der Waals surface area (Å²) in [6.45, 7) is 1.27. The van der Waals surface area contributed by atoms with Crippen LogP contribution in [0.25, 0.3) is 0 Å². The van der Waals surface area contributed by atoms with Crippen molar-refractivity contribution < 1.29 is 33.6 Å². The molecule has 2 unspecified atom stereocenters. The molecule has 0 saturated carbocycles. The summed E-state index contributed by atoms with van der Waals surface area (Å²) in [7, 11) is 3.04. The van der Waals surface area contributed by atoms with Crippen molar-refractivity contribution in [3.63, 3.8) is 0 Å². The molecule has 9 nitrogen and oxygen atoms in total. The van der Waals surface area contributed by atoms with E-state index in [9.17, 15) is 14.7 Å². The molecule has 1 fully saturated rings. The van der Waals surface area contributed by atoms with E-state index in [1.54, 1.807) is 23.1 Å². The van der Waals surface area contributed by atoms with Crippen molar-refractivity contribution in [2.75, 3.05) is 47.1 Å². The molecule has 1 saturated heterocycles. The molecule has 0 spiro atoms. The van der Waals surface area contributed by atoms with Gasteiger partial charge in [0, 0.05) is 19.6 Å². The maximum absolute atomic E-state index is 12.7. The highest BCUT2D eigenvalue weighted by atomic mass is 16.5. The molecule has 0 radical (unpaired) electrons. The van der Waals surface area contributed by atoms with Crippen molar-refractivity contribution in [1.82, 2.24) is 10.2 Å². The number of para-hydroxylation sites is 2. The highest BCUT2D eigenvalue weighted by Crippen LogP contribution is 2.36. The number of piperidine rings is 1. The van der Waals surface area contributed by atoms with Gasteiger partial charge in [0.1, 0.15) is 18.5 Å². The number of nitrogens with one attached hydrogen (secondary N) is 1. The third-order valence-corrected chi connectivity index (χ3v) is 5.79. The van der Waals surface area contributed by atoms with Crippen LogP contribution < -0.4 is 24.3 Å². The Hall–Kier alpha value is -3.46. The molecular weight excluding hydrogens is 452 g/mol. The Bertz CT molecular complexity index is 932. The Morgan fingerprint density at radius 3 is 2.46 bits per heavy atom. The van der Waals surface area contributed by atoms with Crippen LogP contribution in [0, 0.1) is 5.92 Å². The normalized spacial score (nSPS) is 16.2. The number of nitrogens with zero attached hydrogens (tertiary/aromatic N) is 1. The summed E-state index contributed by atoms with van der Waals surface area (Å²) >= 11 is 0. The molecule has 0 aromatic heterocycles. The first-order valence-electron chi connectivity index (χ1n) is 11.8. The van der Waals surface area contributed by atoms with Crippen LogP contribution in [-0.4, -0.2) is 75.0 Å². The molecule has 2 atom stereocenters. The van der Waals surface area contributed by atoms with Crippen LogP contribution >= 0.6 is 0 Å². The van der Waals surface area contributed by atoms with E-state index in [4.69, 9.17) is 18.9 Å². The number of aliphatic hydroxyl groups excluding tert-OH is 1. The lowest BCUT2D eigenvalue weighted by atomic mass is 9.97. The van der Waals surface area contributed by atoms with E-state index < -0.39 is 6.10 Å². The number of hydrogen-bond acceptors (Lipinski definition) is 7. The number of hydrogen-bond donors (Lipinski definition) is 2. The summed E-state index contributed by atoms with van der Waals surface area (Å²) in [4.78, 5) is 27.0. The average molecular weight is 487 g/mol. The minimum atomic E-state index is -0.926. The van der Waals surface area contributed by atoms with Gasteiger partial charge < -0.3 is 34.3 Å². The number of methoxy groups -OCH3 is 2. The largest absolute Gasteiger partial charge is 0.493 e. The molecule has 2 amide bonds. The number of carbonyl (C=O) groups excluding carboxylic acids is 2. The zero-order valence-corrected chi connectivity index (χ0v) is 20.3. The molecule has 2 aromatic carbocycles. The number of benzene rings is 2. The first-order valence-corrected chi connectivity index (χ1v) is 11.8. The van der Waals surface area contributed by atoms with E-state index in [0.29, 0.717) is 43.4 Å². The smallest absolute Gasteiger partial charge is 0.226 e. The van der Waals surface area contributed by atoms with Gasteiger partial charge in [0.2, 0.25) is 17.6 Å². The maximum atomic E-state index is 12.7. The molecule has 9 heteroatoms. The van der Waals surface area contributed by atoms with Crippen LogP contribution in [0.4, 0.5) is 0 Å². The van der Waals surface area contributed by atoms with E-state index in [1.807, 2.05) is 30.3 Å². The monoisotopic (exact) mass is 486 g/mol. The van der Waals surface area contributed by atoms with Gasteiger partial charge in [0.25, 0.3) is 0 Å². The Morgan fingerprint density at radius 1 is 1.06 bits per heavy atom. The summed E-state index contributed by atoms with van der Waals surface area (Å²) in [6.07, 6.45) is 0.778. The minimum absolute atomic E-state index is 0.0300. The highest BCUT2D eigenvalue weighted by molar-refractivity contribution is 5.81. The first-order chi connectivity index (χ1) is 17.0. The maximum Gasteiger partial charge on any atom is 0.226 e. The standard InChI is InChI=1S/C26H34N2O7/c1-32-22-11-6-12-23(33-2)25(22)35-18-20(29)16-27-26(31)19-8-7-14-28(17-19)24(30)13-15-34-21-9-4-3-5-10-21/h3-6,9-12,19-20,29H,7-8,13-18H2,1-2H3,(H,27,31). The van der Waals surface area contributed by atoms with Crippen LogP contribution in [-0.2, 0) is 9.59 Å². The molecule has 3 rings (SSSR count). The number of likely N-dealkylation sites (tertiary alicyclic amines) is 1. The highest BCUT2D eigenvalue weighted by Gasteiger charge is 2.28. The molecule has 35 heavy (non-hydrogen) atoms. The summed E-state index contributed by atoms with van der Waals surface area (Å²) < 4.78 is 21.9. The van der Waals surface area contributed by atoms with Crippen molar-refractivity contribution in [1.29, 1.82) is 0 Å². The lowest BCUT2D eigenvalue weighted by Crippen LogP contribution is -2.47. The fourth-order valence-corrected chi connectivity index (χ4v) is 3.91. The van der Waals surface area contributed by atoms with Crippen molar-refractivity contribution >= 4 is 11.8 Å². The topological polar surface area (TPSA) is 107 Å². The second kappa shape index (κ2) is 13.4. The molecule has 2 aromatic rings. The van der Waals surface area contributed by atoms with E-state index >= 15 is 0 Å². The Morgan fingerprint density at radius 2 is 1.77 bits per heavy atom. The molecule has 1 heterocycles. The predicted molar refractivity (Wildman–Crippen MR) is 130 cm³/mol. The summed E-state index contributed by atoms with van der Waals surface area (Å²) in [5.74, 6) is 1.56. The molecule has 190 valence electrons. The average Bonchev–Trinajstić information content (AvgIpc) is 2.90. The number of aliphatic hydroxyl groups is 1. The van der Waals surface area contributed by atoms with Gasteiger partial charge in [-0.2, -0.15) is 0 Å². The van der Waals surface area contributed by atoms with Crippen LogP contribution in [0.15, 0.2) is 48.5 Å². The van der Waals surface area contributed by atoms with Crippen LogP contribution in [0.3, 0.4) is 0 Å². The second-order valence-electron chi connectivity index (χ2n) is 8.29. The Kier molecular flexibility index (Phi) is 10.0. The number of ether oxygens (including phenoxy) is 4. The molecule has 1 aliphatic rings. The van der Waals surface area contributed by atoms with Gasteiger partial charge >= 0.3 is 0 Å². The Balaban J connectivity index is 1.40. The quantitative estimate of drug-likeness (QED) is 0.474. The first kappa shape index (κ1) is 26.2. The van der Waals surface area contributed by atoms with Crippen LogP contribution in [0.2, 0.25) is 0 Å². The fourth-order valence-electron chi connectivity index (χ4n) is 3.91. The molecule has 0 bridgehead atoms. The summed E-state index contributed by atoms with van der Waals surface area (Å²) in [6, 6.07) is 14.6. The van der Waals surface area contributed by atoms with E-state index in [2.05, 4.69) is 5.32 Å². The molecule has 2 N–H and O–H groups in total. The van der Waals surface area contributed by atoms with Gasteiger partial charge in [0.15, 0.2) is 11.5 Å². The number of amides is 2. The lowest BCUT2D eigenvalue weighted by molar-refractivity contribution is -0.136. The zero-order valence-electron chi connectivity index (χ0n) is 20.3. The van der Waals surface area contributed by atoms with Crippen molar-refractivity contribution in [2.24, 2.45) is 5.92 Å². The number of rotatable bonds is 12. The zero-order chi connectivity index (χ0) is 25.0. The SMILES string of the molecule is COc1cccc(OC)c1OCC(O)CNC(=O)C1CCCN(C(=O)CCOc2ccccc2)C1. The molecule has 0 aliphatic carbocycles. The fraction of sp³-hybridized carbons (Fsp3) is 0.462. The van der Waals surface area contributed by atoms with E-state index in [1.165, 1.54) is 14.2 Å². The van der Waals surface area contributed by atoms with Gasteiger partial charge in [-0.05, 0) is 37.1 Å². The van der Waals surface area contributed by atoms with Gasteiger partial charge in [-0.15, -0.1) is 0 Å². The molecular formula is C26H34N2O7. The third-order valence-electron chi connectivity index (χ3n) is 5.79. The van der Waals surface area contributed by atoms with Crippen molar-refractivity contribution in [2.45, 2.75) is 25.4 Å².